The molecule has 0 unspecified atom stereocenters. The standard InChI is InChI=1S/C53H102O6/c1-6-7-8-31-38-43-51(54)57-46-50(47-58-52(55)44-39-34-29-25-21-18-17-20-24-28-33-37-42-49(4)5)59-53(56)45-40-35-30-26-22-16-14-12-10-9-11-13-15-19-23-27-32-36-41-48(2)3/h48-50H,6-47H2,1-5H3/t50-/m0/s1. The van der Waals surface area contributed by atoms with Gasteiger partial charge < -0.3 is 14.2 Å². The number of hydrogen-bond donors (Lipinski definition) is 0. The Morgan fingerprint density at radius 1 is 0.322 bits per heavy atom. The Labute approximate surface area is 368 Å². The van der Waals surface area contributed by atoms with Gasteiger partial charge in [0.1, 0.15) is 13.2 Å². The zero-order valence-electron chi connectivity index (χ0n) is 40.4. The lowest BCUT2D eigenvalue weighted by Crippen LogP contribution is -2.30. The largest absolute Gasteiger partial charge is 0.462 e. The van der Waals surface area contributed by atoms with Crippen LogP contribution in [0.4, 0.5) is 0 Å². The fourth-order valence-electron chi connectivity index (χ4n) is 7.99. The molecule has 0 aliphatic rings. The number of esters is 3. The van der Waals surface area contributed by atoms with E-state index in [9.17, 15) is 14.4 Å². The molecule has 6 nitrogen and oxygen atoms in total. The summed E-state index contributed by atoms with van der Waals surface area (Å²) >= 11 is 0. The molecule has 0 saturated carbocycles. The molecule has 0 aliphatic carbocycles. The molecule has 0 aromatic heterocycles. The Bertz CT molecular complexity index is 900. The lowest BCUT2D eigenvalue weighted by Gasteiger charge is -2.18. The minimum Gasteiger partial charge on any atom is -0.462 e. The number of hydrogen-bond acceptors (Lipinski definition) is 6. The van der Waals surface area contributed by atoms with Crippen LogP contribution in [0, 0.1) is 11.8 Å². The van der Waals surface area contributed by atoms with Gasteiger partial charge in [-0.1, -0.05) is 253 Å². The Morgan fingerprint density at radius 2 is 0.559 bits per heavy atom. The summed E-state index contributed by atoms with van der Waals surface area (Å²) in [7, 11) is 0. The molecule has 0 N–H and O–H groups in total. The van der Waals surface area contributed by atoms with Crippen LogP contribution in [0.1, 0.15) is 291 Å². The smallest absolute Gasteiger partial charge is 0.306 e. The second kappa shape index (κ2) is 45.9. The molecule has 0 fully saturated rings. The highest BCUT2D eigenvalue weighted by atomic mass is 16.6. The molecule has 59 heavy (non-hydrogen) atoms. The van der Waals surface area contributed by atoms with E-state index in [-0.39, 0.29) is 31.1 Å². The molecule has 0 radical (unpaired) electrons. The van der Waals surface area contributed by atoms with Gasteiger partial charge in [0.15, 0.2) is 6.10 Å². The quantitative estimate of drug-likeness (QED) is 0.0345. The van der Waals surface area contributed by atoms with Crippen molar-refractivity contribution < 1.29 is 28.6 Å². The van der Waals surface area contributed by atoms with Crippen LogP contribution in [-0.4, -0.2) is 37.2 Å². The van der Waals surface area contributed by atoms with E-state index < -0.39 is 6.10 Å². The van der Waals surface area contributed by atoms with Gasteiger partial charge in [-0.2, -0.15) is 0 Å². The minimum atomic E-state index is -0.759. The van der Waals surface area contributed by atoms with Crippen molar-refractivity contribution in [3.8, 4) is 0 Å². The molecule has 0 amide bonds. The van der Waals surface area contributed by atoms with Crippen molar-refractivity contribution in [1.82, 2.24) is 0 Å². The van der Waals surface area contributed by atoms with E-state index in [1.807, 2.05) is 0 Å². The molecule has 0 aromatic carbocycles. The summed E-state index contributed by atoms with van der Waals surface area (Å²) in [5.41, 5.74) is 0. The van der Waals surface area contributed by atoms with E-state index in [4.69, 9.17) is 14.2 Å². The van der Waals surface area contributed by atoms with Crippen LogP contribution in [0.5, 0.6) is 0 Å². The Balaban J connectivity index is 4.07. The highest BCUT2D eigenvalue weighted by molar-refractivity contribution is 5.71. The molecule has 350 valence electrons. The summed E-state index contributed by atoms with van der Waals surface area (Å²) in [6, 6.07) is 0. The molecule has 0 heterocycles. The first-order chi connectivity index (χ1) is 28.7. The van der Waals surface area contributed by atoms with Crippen LogP contribution in [-0.2, 0) is 28.6 Å². The summed E-state index contributed by atoms with van der Waals surface area (Å²) in [4.78, 5) is 37.7. The van der Waals surface area contributed by atoms with Crippen molar-refractivity contribution in [2.45, 2.75) is 298 Å². The highest BCUT2D eigenvalue weighted by Crippen LogP contribution is 2.18. The summed E-state index contributed by atoms with van der Waals surface area (Å²) in [5, 5.41) is 0. The van der Waals surface area contributed by atoms with Gasteiger partial charge in [0.2, 0.25) is 0 Å². The van der Waals surface area contributed by atoms with Crippen LogP contribution in [0.3, 0.4) is 0 Å². The normalized spacial score (nSPS) is 12.1. The van der Waals surface area contributed by atoms with E-state index in [2.05, 4.69) is 34.6 Å². The molecule has 0 aliphatic heterocycles. The predicted octanol–water partition coefficient (Wildman–Crippen LogP) is 16.9. The van der Waals surface area contributed by atoms with Gasteiger partial charge in [0.05, 0.1) is 0 Å². The van der Waals surface area contributed by atoms with Crippen LogP contribution in [0.2, 0.25) is 0 Å². The monoisotopic (exact) mass is 835 g/mol. The van der Waals surface area contributed by atoms with Crippen molar-refractivity contribution in [1.29, 1.82) is 0 Å². The van der Waals surface area contributed by atoms with Gasteiger partial charge in [0.25, 0.3) is 0 Å². The van der Waals surface area contributed by atoms with E-state index in [0.29, 0.717) is 19.3 Å². The van der Waals surface area contributed by atoms with Gasteiger partial charge >= 0.3 is 17.9 Å². The van der Waals surface area contributed by atoms with E-state index in [1.54, 1.807) is 0 Å². The SMILES string of the molecule is CCCCCCCC(=O)OC[C@@H](COC(=O)CCCCCCCCCCCCCCC(C)C)OC(=O)CCCCCCCCCCCCCCCCCCCCC(C)C. The van der Waals surface area contributed by atoms with Gasteiger partial charge in [-0.3, -0.25) is 14.4 Å². The number of carbonyl (C=O) groups excluding carboxylic acids is 3. The van der Waals surface area contributed by atoms with Gasteiger partial charge in [-0.25, -0.2) is 0 Å². The van der Waals surface area contributed by atoms with Crippen molar-refractivity contribution in [2.24, 2.45) is 11.8 Å². The first-order valence-corrected chi connectivity index (χ1v) is 26.2. The molecular weight excluding hydrogens is 733 g/mol. The summed E-state index contributed by atoms with van der Waals surface area (Å²) in [6.45, 7) is 11.3. The zero-order chi connectivity index (χ0) is 43.3. The molecule has 6 heteroatoms. The second-order valence-corrected chi connectivity index (χ2v) is 19.1. The number of unbranched alkanes of at least 4 members (excludes halogenated alkanes) is 32. The summed E-state index contributed by atoms with van der Waals surface area (Å²) in [5.74, 6) is 0.831. The highest BCUT2D eigenvalue weighted by Gasteiger charge is 2.19. The first-order valence-electron chi connectivity index (χ1n) is 26.2. The summed E-state index contributed by atoms with van der Waals surface area (Å²) < 4.78 is 16.7. The maximum Gasteiger partial charge on any atom is 0.306 e. The van der Waals surface area contributed by atoms with Gasteiger partial charge in [0, 0.05) is 19.3 Å². The molecule has 0 saturated heterocycles. The predicted molar refractivity (Wildman–Crippen MR) is 252 cm³/mol. The third-order valence-electron chi connectivity index (χ3n) is 12.0. The average molecular weight is 835 g/mol. The molecule has 1 atom stereocenters. The molecule has 0 bridgehead atoms. The van der Waals surface area contributed by atoms with Crippen molar-refractivity contribution >= 4 is 17.9 Å². The van der Waals surface area contributed by atoms with E-state index >= 15 is 0 Å². The Morgan fingerprint density at radius 3 is 0.831 bits per heavy atom. The molecule has 0 aromatic rings. The minimum absolute atomic E-state index is 0.0646. The molecule has 0 rings (SSSR count). The third-order valence-corrected chi connectivity index (χ3v) is 12.0. The van der Waals surface area contributed by atoms with Crippen molar-refractivity contribution in [3.63, 3.8) is 0 Å². The zero-order valence-corrected chi connectivity index (χ0v) is 40.4. The Kier molecular flexibility index (Phi) is 44.7. The first kappa shape index (κ1) is 57.4. The van der Waals surface area contributed by atoms with E-state index in [0.717, 1.165) is 76.0 Å². The van der Waals surface area contributed by atoms with Crippen LogP contribution in [0.25, 0.3) is 0 Å². The van der Waals surface area contributed by atoms with Crippen molar-refractivity contribution in [2.75, 3.05) is 13.2 Å². The van der Waals surface area contributed by atoms with E-state index in [1.165, 1.54) is 173 Å². The fourth-order valence-corrected chi connectivity index (χ4v) is 7.99. The average Bonchev–Trinajstić information content (AvgIpc) is 3.20. The number of rotatable bonds is 47. The molecular formula is C53H102O6. The van der Waals surface area contributed by atoms with Crippen molar-refractivity contribution in [3.05, 3.63) is 0 Å². The number of ether oxygens (including phenoxy) is 3. The van der Waals surface area contributed by atoms with Crippen LogP contribution < -0.4 is 0 Å². The lowest BCUT2D eigenvalue weighted by atomic mass is 10.0. The lowest BCUT2D eigenvalue weighted by molar-refractivity contribution is -0.167. The Hall–Kier alpha value is -1.59. The maximum absolute atomic E-state index is 12.7. The van der Waals surface area contributed by atoms with Crippen LogP contribution >= 0.6 is 0 Å². The maximum atomic E-state index is 12.7. The van der Waals surface area contributed by atoms with Gasteiger partial charge in [-0.15, -0.1) is 0 Å². The second-order valence-electron chi connectivity index (χ2n) is 19.1. The van der Waals surface area contributed by atoms with Gasteiger partial charge in [-0.05, 0) is 31.1 Å². The van der Waals surface area contributed by atoms with Crippen LogP contribution in [0.15, 0.2) is 0 Å². The summed E-state index contributed by atoms with van der Waals surface area (Å²) in [6.07, 6.45) is 47.0. The topological polar surface area (TPSA) is 78.9 Å². The number of carbonyl (C=O) groups is 3. The third kappa shape index (κ3) is 47.3. The molecule has 0 spiro atoms. The fraction of sp³-hybridized carbons (Fsp3) is 0.943.